The van der Waals surface area contributed by atoms with Gasteiger partial charge >= 0.3 is 0 Å². The molecule has 122 valence electrons. The van der Waals surface area contributed by atoms with Crippen molar-refractivity contribution in [1.82, 2.24) is 0 Å². The molecule has 24 heavy (non-hydrogen) atoms. The molecule has 5 heteroatoms. The van der Waals surface area contributed by atoms with Crippen molar-refractivity contribution in [3.63, 3.8) is 0 Å². The molecular formula is C19H17IN2O2. The molecule has 0 heterocycles. The standard InChI is InChI=1S/C19H17IN2O2/c1-12-5-4-6-17(13(12)2)22-19(23)15(11-21)9-14-7-8-18(24-3)16(20)10-14/h4-10H,1-3H3,(H,22,23)/b15-9+. The number of ether oxygens (including phenoxy) is 1. The van der Waals surface area contributed by atoms with Crippen LogP contribution in [0, 0.1) is 28.7 Å². The highest BCUT2D eigenvalue weighted by atomic mass is 127. The molecule has 0 aromatic heterocycles. The summed E-state index contributed by atoms with van der Waals surface area (Å²) in [4.78, 5) is 12.4. The highest BCUT2D eigenvalue weighted by molar-refractivity contribution is 14.1. The molecule has 0 unspecified atom stereocenters. The van der Waals surface area contributed by atoms with Gasteiger partial charge in [-0.15, -0.1) is 0 Å². The average Bonchev–Trinajstić information content (AvgIpc) is 2.57. The molecule has 0 aliphatic heterocycles. The zero-order valence-corrected chi connectivity index (χ0v) is 15.8. The number of halogens is 1. The van der Waals surface area contributed by atoms with E-state index in [-0.39, 0.29) is 5.57 Å². The van der Waals surface area contributed by atoms with Crippen LogP contribution in [0.25, 0.3) is 6.08 Å². The maximum atomic E-state index is 12.4. The topological polar surface area (TPSA) is 62.1 Å². The summed E-state index contributed by atoms with van der Waals surface area (Å²) in [6.45, 7) is 3.91. The fraction of sp³-hybridized carbons (Fsp3) is 0.158. The number of nitriles is 1. The van der Waals surface area contributed by atoms with Crippen molar-refractivity contribution in [3.8, 4) is 11.8 Å². The van der Waals surface area contributed by atoms with Crippen LogP contribution >= 0.6 is 22.6 Å². The van der Waals surface area contributed by atoms with Crippen molar-refractivity contribution in [3.05, 3.63) is 62.2 Å². The molecule has 0 saturated heterocycles. The van der Waals surface area contributed by atoms with Gasteiger partial charge in [-0.3, -0.25) is 4.79 Å². The average molecular weight is 432 g/mol. The molecule has 0 aliphatic carbocycles. The minimum Gasteiger partial charge on any atom is -0.496 e. The summed E-state index contributed by atoms with van der Waals surface area (Å²) < 4.78 is 6.12. The van der Waals surface area contributed by atoms with Crippen molar-refractivity contribution in [2.75, 3.05) is 12.4 Å². The first-order chi connectivity index (χ1) is 11.5. The first-order valence-electron chi connectivity index (χ1n) is 7.29. The monoisotopic (exact) mass is 432 g/mol. The summed E-state index contributed by atoms with van der Waals surface area (Å²) in [5.41, 5.74) is 3.61. The Balaban J connectivity index is 2.27. The van der Waals surface area contributed by atoms with E-state index in [1.54, 1.807) is 13.2 Å². The summed E-state index contributed by atoms with van der Waals surface area (Å²) in [5.74, 6) is 0.336. The van der Waals surface area contributed by atoms with Crippen LogP contribution in [-0.4, -0.2) is 13.0 Å². The Hall–Kier alpha value is -2.33. The quantitative estimate of drug-likeness (QED) is 0.441. The van der Waals surface area contributed by atoms with Crippen LogP contribution in [0.2, 0.25) is 0 Å². The summed E-state index contributed by atoms with van der Waals surface area (Å²) in [6.07, 6.45) is 1.57. The van der Waals surface area contributed by atoms with E-state index in [0.717, 1.165) is 26.0 Å². The fourth-order valence-corrected chi connectivity index (χ4v) is 2.92. The van der Waals surface area contributed by atoms with Gasteiger partial charge in [0.15, 0.2) is 0 Å². The second-order valence-electron chi connectivity index (χ2n) is 5.27. The molecule has 2 aromatic rings. The van der Waals surface area contributed by atoms with Crippen molar-refractivity contribution in [1.29, 1.82) is 5.26 Å². The molecule has 2 aromatic carbocycles. The first kappa shape index (κ1) is 18.0. The van der Waals surface area contributed by atoms with E-state index < -0.39 is 5.91 Å². The number of nitrogens with zero attached hydrogens (tertiary/aromatic N) is 1. The number of methoxy groups -OCH3 is 1. The van der Waals surface area contributed by atoms with Crippen LogP contribution in [0.15, 0.2) is 42.0 Å². The Labute approximate surface area is 155 Å². The van der Waals surface area contributed by atoms with Crippen molar-refractivity contribution >= 4 is 40.3 Å². The lowest BCUT2D eigenvalue weighted by molar-refractivity contribution is -0.112. The summed E-state index contributed by atoms with van der Waals surface area (Å²) in [5, 5.41) is 12.1. The minimum atomic E-state index is -0.419. The van der Waals surface area contributed by atoms with Gasteiger partial charge < -0.3 is 10.1 Å². The number of aryl methyl sites for hydroxylation is 1. The number of rotatable bonds is 4. The molecule has 0 fully saturated rings. The van der Waals surface area contributed by atoms with E-state index in [9.17, 15) is 10.1 Å². The zero-order chi connectivity index (χ0) is 17.7. The number of carbonyl (C=O) groups excluding carboxylic acids is 1. The van der Waals surface area contributed by atoms with Crippen LogP contribution in [0.5, 0.6) is 5.75 Å². The van der Waals surface area contributed by atoms with Gasteiger partial charge in [0.2, 0.25) is 0 Å². The first-order valence-corrected chi connectivity index (χ1v) is 8.37. The van der Waals surface area contributed by atoms with E-state index in [1.807, 2.05) is 56.3 Å². The lowest BCUT2D eigenvalue weighted by atomic mass is 10.1. The van der Waals surface area contributed by atoms with Gasteiger partial charge in [0.05, 0.1) is 10.7 Å². The van der Waals surface area contributed by atoms with E-state index in [1.165, 1.54) is 0 Å². The summed E-state index contributed by atoms with van der Waals surface area (Å²) >= 11 is 2.15. The number of hydrogen-bond acceptors (Lipinski definition) is 3. The number of benzene rings is 2. The summed E-state index contributed by atoms with van der Waals surface area (Å²) in [6, 6.07) is 13.1. The van der Waals surface area contributed by atoms with Crippen LogP contribution < -0.4 is 10.1 Å². The second-order valence-corrected chi connectivity index (χ2v) is 6.43. The van der Waals surface area contributed by atoms with Crippen molar-refractivity contribution in [2.24, 2.45) is 0 Å². The Morgan fingerprint density at radius 1 is 1.29 bits per heavy atom. The lowest BCUT2D eigenvalue weighted by Gasteiger charge is -2.10. The Morgan fingerprint density at radius 2 is 2.04 bits per heavy atom. The maximum absolute atomic E-state index is 12.4. The number of carbonyl (C=O) groups is 1. The molecule has 0 aliphatic rings. The second kappa shape index (κ2) is 7.97. The number of hydrogen-bond donors (Lipinski definition) is 1. The summed E-state index contributed by atoms with van der Waals surface area (Å²) in [7, 11) is 1.60. The largest absolute Gasteiger partial charge is 0.496 e. The molecule has 0 spiro atoms. The van der Waals surface area contributed by atoms with E-state index >= 15 is 0 Å². The van der Waals surface area contributed by atoms with Crippen LogP contribution in [0.3, 0.4) is 0 Å². The molecule has 0 radical (unpaired) electrons. The Bertz CT molecular complexity index is 851. The Kier molecular flexibility index (Phi) is 5.99. The minimum absolute atomic E-state index is 0.0527. The van der Waals surface area contributed by atoms with Gasteiger partial charge in [0, 0.05) is 5.69 Å². The molecule has 0 atom stereocenters. The van der Waals surface area contributed by atoms with Gasteiger partial charge in [-0.25, -0.2) is 0 Å². The van der Waals surface area contributed by atoms with Gasteiger partial charge in [-0.05, 0) is 77.4 Å². The smallest absolute Gasteiger partial charge is 0.266 e. The molecule has 4 nitrogen and oxygen atoms in total. The molecule has 1 amide bonds. The molecule has 2 rings (SSSR count). The highest BCUT2D eigenvalue weighted by Gasteiger charge is 2.12. The van der Waals surface area contributed by atoms with Crippen molar-refractivity contribution < 1.29 is 9.53 Å². The predicted octanol–water partition coefficient (Wildman–Crippen LogP) is 4.46. The third kappa shape index (κ3) is 4.15. The Morgan fingerprint density at radius 3 is 2.67 bits per heavy atom. The van der Waals surface area contributed by atoms with Crippen LogP contribution in [-0.2, 0) is 4.79 Å². The van der Waals surface area contributed by atoms with E-state index in [0.29, 0.717) is 5.69 Å². The van der Waals surface area contributed by atoms with Gasteiger partial charge in [-0.1, -0.05) is 18.2 Å². The predicted molar refractivity (Wildman–Crippen MR) is 104 cm³/mol. The van der Waals surface area contributed by atoms with Gasteiger partial charge in [0.1, 0.15) is 17.4 Å². The van der Waals surface area contributed by atoms with Crippen LogP contribution in [0.4, 0.5) is 5.69 Å². The van der Waals surface area contributed by atoms with Gasteiger partial charge in [0.25, 0.3) is 5.91 Å². The van der Waals surface area contributed by atoms with E-state index in [4.69, 9.17) is 4.74 Å². The molecule has 0 saturated carbocycles. The van der Waals surface area contributed by atoms with Gasteiger partial charge in [-0.2, -0.15) is 5.26 Å². The molecular weight excluding hydrogens is 415 g/mol. The fourth-order valence-electron chi connectivity index (χ4n) is 2.16. The highest BCUT2D eigenvalue weighted by Crippen LogP contribution is 2.23. The lowest BCUT2D eigenvalue weighted by Crippen LogP contribution is -2.14. The van der Waals surface area contributed by atoms with Crippen molar-refractivity contribution in [2.45, 2.75) is 13.8 Å². The number of anilines is 1. The third-order valence-electron chi connectivity index (χ3n) is 3.70. The zero-order valence-electron chi connectivity index (χ0n) is 13.7. The third-order valence-corrected chi connectivity index (χ3v) is 4.55. The SMILES string of the molecule is COc1ccc(/C=C(\C#N)C(=O)Nc2cccc(C)c2C)cc1I. The van der Waals surface area contributed by atoms with E-state index in [2.05, 4.69) is 27.9 Å². The molecule has 1 N–H and O–H groups in total. The maximum Gasteiger partial charge on any atom is 0.266 e. The molecule has 0 bridgehead atoms. The van der Waals surface area contributed by atoms with Crippen LogP contribution in [0.1, 0.15) is 16.7 Å². The number of amides is 1. The number of nitrogens with one attached hydrogen (secondary N) is 1. The normalized spacial score (nSPS) is 10.9.